The van der Waals surface area contributed by atoms with Crippen molar-refractivity contribution in [2.45, 2.75) is 25.0 Å². The first kappa shape index (κ1) is 17.1. The van der Waals surface area contributed by atoms with Crippen molar-refractivity contribution in [1.29, 1.82) is 0 Å². The molecule has 2 aromatic carbocycles. The average molecular weight is 351 g/mol. The molecule has 3 aliphatic heterocycles. The van der Waals surface area contributed by atoms with E-state index in [2.05, 4.69) is 12.4 Å². The maximum atomic E-state index is 13.1. The van der Waals surface area contributed by atoms with Gasteiger partial charge in [0.2, 0.25) is 0 Å². The Bertz CT molecular complexity index is 739. The van der Waals surface area contributed by atoms with Gasteiger partial charge in [-0.25, -0.2) is 4.79 Å². The van der Waals surface area contributed by atoms with E-state index in [0.717, 1.165) is 35.1 Å². The number of fused-ring (bicyclic) bond motifs is 3. The lowest BCUT2D eigenvalue weighted by Crippen LogP contribution is -2.62. The summed E-state index contributed by atoms with van der Waals surface area (Å²) in [7, 11) is 2.28. The molecule has 26 heavy (non-hydrogen) atoms. The Morgan fingerprint density at radius 3 is 2.27 bits per heavy atom. The van der Waals surface area contributed by atoms with E-state index < -0.39 is 6.04 Å². The summed E-state index contributed by atoms with van der Waals surface area (Å²) in [5, 5.41) is 3.36. The average Bonchev–Trinajstić information content (AvgIpc) is 2.67. The van der Waals surface area contributed by atoms with Gasteiger partial charge in [0, 0.05) is 24.4 Å². The fourth-order valence-corrected chi connectivity index (χ4v) is 4.32. The summed E-state index contributed by atoms with van der Waals surface area (Å²) in [5.41, 5.74) is 1.86. The SMILES string of the molecule is C[N+]12CCC(CC1)C(OC(=O)C(Nc1ccccc1)c1ccccc1)C2. The molecule has 3 aliphatic rings. The smallest absolute Gasteiger partial charge is 0.333 e. The number of benzene rings is 2. The van der Waals surface area contributed by atoms with Crippen LogP contribution in [0.5, 0.6) is 0 Å². The largest absolute Gasteiger partial charge is 0.454 e. The Labute approximate surface area is 155 Å². The topological polar surface area (TPSA) is 38.3 Å². The molecule has 0 amide bonds. The zero-order chi connectivity index (χ0) is 18.0. The first-order valence-electron chi connectivity index (χ1n) is 9.54. The Hall–Kier alpha value is -2.33. The highest BCUT2D eigenvalue weighted by molar-refractivity contribution is 5.81. The molecule has 5 rings (SSSR count). The number of carbonyl (C=O) groups excluding carboxylic acids is 1. The minimum Gasteiger partial charge on any atom is -0.454 e. The van der Waals surface area contributed by atoms with Crippen LogP contribution in [0.1, 0.15) is 24.4 Å². The number of hydrogen-bond donors (Lipinski definition) is 1. The number of carbonyl (C=O) groups is 1. The molecule has 2 aromatic rings. The van der Waals surface area contributed by atoms with E-state index in [0.29, 0.717) is 5.92 Å². The van der Waals surface area contributed by atoms with Gasteiger partial charge in [0.1, 0.15) is 6.54 Å². The molecular weight excluding hydrogens is 324 g/mol. The summed E-state index contributed by atoms with van der Waals surface area (Å²) in [6.07, 6.45) is 2.37. The highest BCUT2D eigenvalue weighted by atomic mass is 16.5. The number of quaternary nitrogens is 1. The standard InChI is InChI=1S/C22H27N2O2/c1-24-14-12-17(13-15-24)20(16-24)26-22(25)21(18-8-4-2-5-9-18)23-19-10-6-3-7-11-19/h2-11,17,20-21,23H,12-16H2,1H3/q+1. The van der Waals surface area contributed by atoms with Crippen molar-refractivity contribution in [3.63, 3.8) is 0 Å². The van der Waals surface area contributed by atoms with Crippen LogP contribution >= 0.6 is 0 Å². The van der Waals surface area contributed by atoms with Crippen molar-refractivity contribution < 1.29 is 14.0 Å². The van der Waals surface area contributed by atoms with Crippen LogP contribution in [0.25, 0.3) is 0 Å². The fraction of sp³-hybridized carbons (Fsp3) is 0.409. The molecule has 2 bridgehead atoms. The van der Waals surface area contributed by atoms with Crippen LogP contribution in [0.2, 0.25) is 0 Å². The molecule has 0 spiro atoms. The summed E-state index contributed by atoms with van der Waals surface area (Å²) in [6, 6.07) is 19.2. The third kappa shape index (κ3) is 3.61. The van der Waals surface area contributed by atoms with Crippen molar-refractivity contribution >= 4 is 11.7 Å². The van der Waals surface area contributed by atoms with E-state index in [4.69, 9.17) is 4.74 Å². The second-order valence-corrected chi connectivity index (χ2v) is 7.92. The number of piperidine rings is 3. The zero-order valence-corrected chi connectivity index (χ0v) is 15.3. The van der Waals surface area contributed by atoms with Crippen molar-refractivity contribution in [1.82, 2.24) is 0 Å². The first-order valence-corrected chi connectivity index (χ1v) is 9.54. The molecule has 0 saturated carbocycles. The van der Waals surface area contributed by atoms with Crippen LogP contribution in [0.15, 0.2) is 60.7 Å². The number of anilines is 1. The minimum absolute atomic E-state index is 0.0405. The van der Waals surface area contributed by atoms with Gasteiger partial charge in [-0.1, -0.05) is 48.5 Å². The lowest BCUT2D eigenvalue weighted by atomic mass is 9.84. The van der Waals surface area contributed by atoms with Crippen LogP contribution in [0, 0.1) is 5.92 Å². The maximum absolute atomic E-state index is 13.1. The molecule has 0 aromatic heterocycles. The molecule has 1 N–H and O–H groups in total. The molecular formula is C22H27N2O2+. The van der Waals surface area contributed by atoms with E-state index in [1.807, 2.05) is 60.7 Å². The summed E-state index contributed by atoms with van der Waals surface area (Å²) in [6.45, 7) is 3.37. The number of ether oxygens (including phenoxy) is 1. The Balaban J connectivity index is 1.53. The first-order chi connectivity index (χ1) is 12.6. The molecule has 2 atom stereocenters. The van der Waals surface area contributed by atoms with Gasteiger partial charge in [0.25, 0.3) is 0 Å². The molecule has 3 heterocycles. The Morgan fingerprint density at radius 1 is 1.04 bits per heavy atom. The third-order valence-corrected chi connectivity index (χ3v) is 5.95. The molecule has 3 saturated heterocycles. The number of likely N-dealkylation sites (N-methyl/N-ethyl adjacent to an activating group) is 1. The number of nitrogens with zero attached hydrogens (tertiary/aromatic N) is 1. The predicted molar refractivity (Wildman–Crippen MR) is 103 cm³/mol. The molecule has 3 fully saturated rings. The summed E-state index contributed by atoms with van der Waals surface area (Å²) in [4.78, 5) is 13.1. The monoisotopic (exact) mass is 351 g/mol. The molecule has 0 radical (unpaired) electrons. The van der Waals surface area contributed by atoms with Gasteiger partial charge in [-0.2, -0.15) is 0 Å². The number of para-hydroxylation sites is 1. The second-order valence-electron chi connectivity index (χ2n) is 7.92. The normalized spacial score (nSPS) is 28.3. The number of hydrogen-bond acceptors (Lipinski definition) is 3. The molecule has 4 heteroatoms. The third-order valence-electron chi connectivity index (χ3n) is 5.95. The summed E-state index contributed by atoms with van der Waals surface area (Å²) in [5.74, 6) is 0.345. The number of esters is 1. The fourth-order valence-electron chi connectivity index (χ4n) is 4.32. The van der Waals surface area contributed by atoms with Gasteiger partial charge in [0.15, 0.2) is 12.1 Å². The quantitative estimate of drug-likeness (QED) is 0.660. The van der Waals surface area contributed by atoms with Crippen molar-refractivity contribution in [3.8, 4) is 0 Å². The van der Waals surface area contributed by atoms with E-state index in [1.165, 1.54) is 13.1 Å². The van der Waals surface area contributed by atoms with Gasteiger partial charge in [-0.3, -0.25) is 0 Å². The van der Waals surface area contributed by atoms with Gasteiger partial charge >= 0.3 is 5.97 Å². The van der Waals surface area contributed by atoms with Crippen LogP contribution in [-0.4, -0.2) is 43.2 Å². The van der Waals surface area contributed by atoms with Crippen LogP contribution < -0.4 is 5.32 Å². The molecule has 2 unspecified atom stereocenters. The number of nitrogens with one attached hydrogen (secondary N) is 1. The van der Waals surface area contributed by atoms with E-state index >= 15 is 0 Å². The van der Waals surface area contributed by atoms with Gasteiger partial charge in [-0.15, -0.1) is 0 Å². The Morgan fingerprint density at radius 2 is 1.65 bits per heavy atom. The highest BCUT2D eigenvalue weighted by Crippen LogP contribution is 2.35. The molecule has 0 aliphatic carbocycles. The Kier molecular flexibility index (Phi) is 4.68. The van der Waals surface area contributed by atoms with Gasteiger partial charge in [0.05, 0.1) is 20.1 Å². The maximum Gasteiger partial charge on any atom is 0.333 e. The van der Waals surface area contributed by atoms with Crippen molar-refractivity contribution in [2.24, 2.45) is 5.92 Å². The van der Waals surface area contributed by atoms with E-state index in [-0.39, 0.29) is 12.1 Å². The highest BCUT2D eigenvalue weighted by Gasteiger charge is 2.45. The predicted octanol–water partition coefficient (Wildman–Crippen LogP) is 3.62. The summed E-state index contributed by atoms with van der Waals surface area (Å²) >= 11 is 0. The lowest BCUT2D eigenvalue weighted by Gasteiger charge is -2.49. The van der Waals surface area contributed by atoms with E-state index in [1.54, 1.807) is 0 Å². The molecule has 4 nitrogen and oxygen atoms in total. The van der Waals surface area contributed by atoms with Gasteiger partial charge in [-0.05, 0) is 17.7 Å². The molecule has 136 valence electrons. The number of rotatable bonds is 5. The van der Waals surface area contributed by atoms with Gasteiger partial charge < -0.3 is 14.5 Å². The van der Waals surface area contributed by atoms with Crippen LogP contribution in [0.3, 0.4) is 0 Å². The van der Waals surface area contributed by atoms with Crippen molar-refractivity contribution in [3.05, 3.63) is 66.2 Å². The lowest BCUT2D eigenvalue weighted by molar-refractivity contribution is -0.928. The van der Waals surface area contributed by atoms with E-state index in [9.17, 15) is 4.79 Å². The van der Waals surface area contributed by atoms with Crippen LogP contribution in [-0.2, 0) is 9.53 Å². The summed E-state index contributed by atoms with van der Waals surface area (Å²) < 4.78 is 7.10. The zero-order valence-electron chi connectivity index (χ0n) is 15.3. The second kappa shape index (κ2) is 7.12. The van der Waals surface area contributed by atoms with Crippen molar-refractivity contribution in [2.75, 3.05) is 32.0 Å². The minimum atomic E-state index is -0.487. The van der Waals surface area contributed by atoms with Crippen LogP contribution in [0.4, 0.5) is 5.69 Å².